The lowest BCUT2D eigenvalue weighted by Gasteiger charge is -2.15. The highest BCUT2D eigenvalue weighted by atomic mass is 35.5. The van der Waals surface area contributed by atoms with Crippen LogP contribution in [0.4, 0.5) is 5.69 Å². The lowest BCUT2D eigenvalue weighted by Crippen LogP contribution is -2.29. The summed E-state index contributed by atoms with van der Waals surface area (Å²) >= 11 is 6.07. The molecular weight excluding hydrogens is 460 g/mol. The summed E-state index contributed by atoms with van der Waals surface area (Å²) in [6.45, 7) is -0.0848. The molecule has 0 radical (unpaired) electrons. The summed E-state index contributed by atoms with van der Waals surface area (Å²) in [6.07, 6.45) is 0. The van der Waals surface area contributed by atoms with E-state index < -0.39 is 5.91 Å². The Labute approximate surface area is 202 Å². The van der Waals surface area contributed by atoms with Crippen molar-refractivity contribution in [3.8, 4) is 23.0 Å². The number of carbonyl (C=O) groups excluding carboxylic acids is 2. The second-order valence-electron chi connectivity index (χ2n) is 7.06. The minimum absolute atomic E-state index is 0.209. The Hall–Kier alpha value is -3.91. The Kier molecular flexibility index (Phi) is 8.59. The molecule has 34 heavy (non-hydrogen) atoms. The molecule has 0 aromatic heterocycles. The quantitative estimate of drug-likeness (QED) is 0.445. The molecule has 2 amide bonds. The second-order valence-corrected chi connectivity index (χ2v) is 7.50. The zero-order valence-corrected chi connectivity index (χ0v) is 19.8. The van der Waals surface area contributed by atoms with Crippen LogP contribution in [0.15, 0.2) is 60.7 Å². The number of methoxy groups -OCH3 is 3. The molecule has 0 fully saturated rings. The average Bonchev–Trinajstić information content (AvgIpc) is 2.86. The minimum Gasteiger partial charge on any atom is -0.493 e. The van der Waals surface area contributed by atoms with Crippen LogP contribution in [0.3, 0.4) is 0 Å². The van der Waals surface area contributed by atoms with Crippen LogP contribution >= 0.6 is 11.6 Å². The van der Waals surface area contributed by atoms with Crippen LogP contribution < -0.4 is 29.6 Å². The van der Waals surface area contributed by atoms with Crippen LogP contribution in [0, 0.1) is 0 Å². The van der Waals surface area contributed by atoms with E-state index in [-0.39, 0.29) is 30.4 Å². The SMILES string of the molecule is COc1cc(CNC(=O)COc2ccc(Cl)cc2C(=O)Nc2ccccc2)cc(OC)c1OC. The third-order valence-corrected chi connectivity index (χ3v) is 5.03. The number of carbonyl (C=O) groups is 2. The number of halogens is 1. The zero-order chi connectivity index (χ0) is 24.5. The van der Waals surface area contributed by atoms with E-state index in [9.17, 15) is 9.59 Å². The Balaban J connectivity index is 1.64. The molecule has 3 aromatic rings. The van der Waals surface area contributed by atoms with E-state index >= 15 is 0 Å². The molecule has 178 valence electrons. The highest BCUT2D eigenvalue weighted by molar-refractivity contribution is 6.31. The van der Waals surface area contributed by atoms with Crippen LogP contribution in [0.25, 0.3) is 0 Å². The first kappa shape index (κ1) is 24.7. The molecule has 0 aliphatic heterocycles. The molecule has 0 saturated carbocycles. The van der Waals surface area contributed by atoms with Crippen molar-refractivity contribution < 1.29 is 28.5 Å². The molecule has 3 aromatic carbocycles. The third kappa shape index (κ3) is 6.32. The maximum absolute atomic E-state index is 12.7. The van der Waals surface area contributed by atoms with Crippen molar-refractivity contribution in [2.45, 2.75) is 6.54 Å². The summed E-state index contributed by atoms with van der Waals surface area (Å²) in [5.74, 6) is 0.892. The fourth-order valence-electron chi connectivity index (χ4n) is 3.16. The smallest absolute Gasteiger partial charge is 0.259 e. The van der Waals surface area contributed by atoms with Gasteiger partial charge in [0, 0.05) is 17.3 Å². The Bertz CT molecular complexity index is 1130. The molecule has 0 unspecified atom stereocenters. The molecule has 0 aliphatic rings. The van der Waals surface area contributed by atoms with Gasteiger partial charge in [-0.3, -0.25) is 9.59 Å². The van der Waals surface area contributed by atoms with Crippen molar-refractivity contribution in [1.29, 1.82) is 0 Å². The van der Waals surface area contributed by atoms with E-state index in [1.807, 2.05) is 18.2 Å². The molecule has 0 heterocycles. The van der Waals surface area contributed by atoms with E-state index in [2.05, 4.69) is 10.6 Å². The fraction of sp³-hybridized carbons (Fsp3) is 0.200. The lowest BCUT2D eigenvalue weighted by molar-refractivity contribution is -0.123. The molecule has 2 N–H and O–H groups in total. The Morgan fingerprint density at radius 2 is 1.53 bits per heavy atom. The molecule has 0 aliphatic carbocycles. The van der Waals surface area contributed by atoms with Gasteiger partial charge >= 0.3 is 0 Å². The van der Waals surface area contributed by atoms with Crippen molar-refractivity contribution in [3.63, 3.8) is 0 Å². The van der Waals surface area contributed by atoms with Crippen molar-refractivity contribution in [2.24, 2.45) is 0 Å². The number of hydrogen-bond acceptors (Lipinski definition) is 6. The molecule has 0 atom stereocenters. The third-order valence-electron chi connectivity index (χ3n) is 4.79. The number of anilines is 1. The van der Waals surface area contributed by atoms with Crippen molar-refractivity contribution in [3.05, 3.63) is 76.8 Å². The standard InChI is InChI=1S/C25H25ClN2O6/c1-31-21-11-16(12-22(32-2)24(21)33-3)14-27-23(29)15-34-20-10-9-17(26)13-19(20)25(30)28-18-7-5-4-6-8-18/h4-13H,14-15H2,1-3H3,(H,27,29)(H,28,30). The first-order chi connectivity index (χ1) is 16.4. The summed E-state index contributed by atoms with van der Waals surface area (Å²) in [7, 11) is 4.56. The van der Waals surface area contributed by atoms with E-state index in [1.54, 1.807) is 36.4 Å². The largest absolute Gasteiger partial charge is 0.493 e. The van der Waals surface area contributed by atoms with Gasteiger partial charge in [-0.2, -0.15) is 0 Å². The second kappa shape index (κ2) is 11.8. The van der Waals surface area contributed by atoms with Gasteiger partial charge < -0.3 is 29.6 Å². The summed E-state index contributed by atoms with van der Waals surface area (Å²) in [6, 6.07) is 17.1. The summed E-state index contributed by atoms with van der Waals surface area (Å²) in [4.78, 5) is 25.1. The van der Waals surface area contributed by atoms with E-state index in [4.69, 9.17) is 30.5 Å². The van der Waals surface area contributed by atoms with Crippen LogP contribution in [0.1, 0.15) is 15.9 Å². The number of ether oxygens (including phenoxy) is 4. The van der Waals surface area contributed by atoms with Crippen molar-refractivity contribution in [1.82, 2.24) is 5.32 Å². The van der Waals surface area contributed by atoms with Gasteiger partial charge in [0.25, 0.3) is 11.8 Å². The topological polar surface area (TPSA) is 95.1 Å². The normalized spacial score (nSPS) is 10.2. The van der Waals surface area contributed by atoms with Gasteiger partial charge in [-0.05, 0) is 48.0 Å². The van der Waals surface area contributed by atoms with Gasteiger partial charge in [0.1, 0.15) is 5.75 Å². The average molecular weight is 485 g/mol. The molecule has 0 saturated heterocycles. The van der Waals surface area contributed by atoms with Crippen molar-refractivity contribution in [2.75, 3.05) is 33.3 Å². The first-order valence-electron chi connectivity index (χ1n) is 10.3. The lowest BCUT2D eigenvalue weighted by atomic mass is 10.1. The first-order valence-corrected chi connectivity index (χ1v) is 10.7. The summed E-state index contributed by atoms with van der Waals surface area (Å²) < 4.78 is 21.6. The Morgan fingerprint density at radius 3 is 2.15 bits per heavy atom. The van der Waals surface area contributed by atoms with E-state index in [0.717, 1.165) is 5.56 Å². The van der Waals surface area contributed by atoms with Crippen LogP contribution in [0.2, 0.25) is 5.02 Å². The van der Waals surface area contributed by atoms with Crippen LogP contribution in [-0.2, 0) is 11.3 Å². The molecule has 8 nitrogen and oxygen atoms in total. The molecular formula is C25H25ClN2O6. The van der Waals surface area contributed by atoms with E-state index in [0.29, 0.717) is 28.0 Å². The maximum Gasteiger partial charge on any atom is 0.259 e. The number of benzene rings is 3. The number of nitrogens with one attached hydrogen (secondary N) is 2. The van der Waals surface area contributed by atoms with Crippen molar-refractivity contribution >= 4 is 29.1 Å². The van der Waals surface area contributed by atoms with Crippen LogP contribution in [-0.4, -0.2) is 39.8 Å². The molecule has 0 bridgehead atoms. The number of para-hydroxylation sites is 1. The van der Waals surface area contributed by atoms with Gasteiger partial charge in [-0.15, -0.1) is 0 Å². The van der Waals surface area contributed by atoms with Gasteiger partial charge in [-0.25, -0.2) is 0 Å². The fourth-order valence-corrected chi connectivity index (χ4v) is 3.33. The number of hydrogen-bond donors (Lipinski definition) is 2. The molecule has 0 spiro atoms. The summed E-state index contributed by atoms with van der Waals surface area (Å²) in [5.41, 5.74) is 1.59. The molecule has 9 heteroatoms. The van der Waals surface area contributed by atoms with E-state index in [1.165, 1.54) is 27.4 Å². The van der Waals surface area contributed by atoms with Gasteiger partial charge in [-0.1, -0.05) is 29.8 Å². The van der Waals surface area contributed by atoms with Gasteiger partial charge in [0.2, 0.25) is 5.75 Å². The Morgan fingerprint density at radius 1 is 0.853 bits per heavy atom. The zero-order valence-electron chi connectivity index (χ0n) is 19.0. The highest BCUT2D eigenvalue weighted by Crippen LogP contribution is 2.38. The monoisotopic (exact) mass is 484 g/mol. The number of rotatable bonds is 10. The van der Waals surface area contributed by atoms with Crippen LogP contribution in [0.5, 0.6) is 23.0 Å². The molecule has 3 rings (SSSR count). The van der Waals surface area contributed by atoms with Gasteiger partial charge in [0.05, 0.1) is 26.9 Å². The predicted octanol–water partition coefficient (Wildman–Crippen LogP) is 4.31. The van der Waals surface area contributed by atoms with Gasteiger partial charge in [0.15, 0.2) is 18.1 Å². The highest BCUT2D eigenvalue weighted by Gasteiger charge is 2.16. The summed E-state index contributed by atoms with van der Waals surface area (Å²) in [5, 5.41) is 5.92. The maximum atomic E-state index is 12.7. The number of amides is 2. The minimum atomic E-state index is -0.401. The predicted molar refractivity (Wildman–Crippen MR) is 129 cm³/mol.